The van der Waals surface area contributed by atoms with Gasteiger partial charge in [-0.05, 0) is 30.3 Å². The number of nitrogens with one attached hydrogen (secondary N) is 1. The van der Waals surface area contributed by atoms with Crippen molar-refractivity contribution in [3.8, 4) is 0 Å². The number of carboxylic acid groups (broad SMARTS) is 1. The Labute approximate surface area is 161 Å². The molecule has 0 saturated carbocycles. The third-order valence-electron chi connectivity index (χ3n) is 4.66. The molecule has 0 bridgehead atoms. The van der Waals surface area contributed by atoms with E-state index in [4.69, 9.17) is 5.11 Å². The number of nitrogens with zero attached hydrogens (tertiary/aromatic N) is 3. The van der Waals surface area contributed by atoms with Gasteiger partial charge >= 0.3 is 5.97 Å². The zero-order valence-corrected chi connectivity index (χ0v) is 15.3. The largest absolute Gasteiger partial charge is 0.478 e. The Morgan fingerprint density at radius 1 is 1.11 bits per heavy atom. The molecule has 3 rings (SSSR count). The first-order chi connectivity index (χ1) is 13.3. The first-order valence-corrected chi connectivity index (χ1v) is 8.74. The number of nitro benzene ring substituents is 1. The van der Waals surface area contributed by atoms with Crippen LogP contribution in [0.4, 0.5) is 22.7 Å². The predicted octanol–water partition coefficient (Wildman–Crippen LogP) is 2.71. The van der Waals surface area contributed by atoms with Gasteiger partial charge in [-0.2, -0.15) is 0 Å². The number of carbonyl (C=O) groups excluding carboxylic acids is 1. The van der Waals surface area contributed by atoms with E-state index in [-0.39, 0.29) is 22.8 Å². The minimum Gasteiger partial charge on any atom is -0.478 e. The van der Waals surface area contributed by atoms with Crippen molar-refractivity contribution in [3.63, 3.8) is 0 Å². The number of hydrogen-bond donors (Lipinski definition) is 2. The Morgan fingerprint density at radius 2 is 1.82 bits per heavy atom. The molecule has 0 atom stereocenters. The molecule has 1 fully saturated rings. The van der Waals surface area contributed by atoms with E-state index in [1.807, 2.05) is 18.2 Å². The monoisotopic (exact) mass is 384 g/mol. The second kappa shape index (κ2) is 7.95. The lowest BCUT2D eigenvalue weighted by Gasteiger charge is -2.35. The van der Waals surface area contributed by atoms with Crippen LogP contribution in [0.5, 0.6) is 0 Å². The van der Waals surface area contributed by atoms with Gasteiger partial charge in [0.15, 0.2) is 0 Å². The number of piperazine rings is 1. The summed E-state index contributed by atoms with van der Waals surface area (Å²) in [5.74, 6) is -1.16. The van der Waals surface area contributed by atoms with E-state index in [0.29, 0.717) is 31.9 Å². The van der Waals surface area contributed by atoms with E-state index >= 15 is 0 Å². The summed E-state index contributed by atoms with van der Waals surface area (Å²) in [5, 5.41) is 23.4. The average Bonchev–Trinajstić information content (AvgIpc) is 2.68. The molecule has 0 radical (unpaired) electrons. The van der Waals surface area contributed by atoms with Gasteiger partial charge < -0.3 is 20.2 Å². The summed E-state index contributed by atoms with van der Waals surface area (Å²) in [4.78, 5) is 37.2. The molecule has 1 saturated heterocycles. The van der Waals surface area contributed by atoms with Crippen LogP contribution in [0.15, 0.2) is 42.5 Å². The number of hydrogen-bond acceptors (Lipinski definition) is 6. The Morgan fingerprint density at radius 3 is 2.43 bits per heavy atom. The third kappa shape index (κ3) is 4.20. The van der Waals surface area contributed by atoms with Gasteiger partial charge in [-0.15, -0.1) is 0 Å². The molecule has 1 heterocycles. The molecule has 28 heavy (non-hydrogen) atoms. The molecule has 9 nitrogen and oxygen atoms in total. The second-order valence-corrected chi connectivity index (χ2v) is 6.46. The molecule has 1 aliphatic heterocycles. The van der Waals surface area contributed by atoms with Crippen LogP contribution in [0, 0.1) is 10.1 Å². The van der Waals surface area contributed by atoms with Crippen LogP contribution in [0.3, 0.4) is 0 Å². The predicted molar refractivity (Wildman–Crippen MR) is 104 cm³/mol. The fourth-order valence-electron chi connectivity index (χ4n) is 3.14. The Kier molecular flexibility index (Phi) is 5.44. The molecule has 2 aromatic carbocycles. The summed E-state index contributed by atoms with van der Waals surface area (Å²) in [6.45, 7) is 4.26. The number of carboxylic acids is 1. The quantitative estimate of drug-likeness (QED) is 0.601. The number of benzene rings is 2. The normalized spacial score (nSPS) is 13.9. The topological polar surface area (TPSA) is 116 Å². The summed E-state index contributed by atoms with van der Waals surface area (Å²) in [6.07, 6.45) is 0. The van der Waals surface area contributed by atoms with Crippen molar-refractivity contribution in [1.82, 2.24) is 4.90 Å². The van der Waals surface area contributed by atoms with Gasteiger partial charge in [0.05, 0.1) is 10.5 Å². The van der Waals surface area contributed by atoms with E-state index in [1.165, 1.54) is 12.1 Å². The highest BCUT2D eigenvalue weighted by molar-refractivity contribution is 5.90. The maximum Gasteiger partial charge on any atom is 0.335 e. The molecule has 0 spiro atoms. The van der Waals surface area contributed by atoms with Crippen LogP contribution in [0.1, 0.15) is 17.3 Å². The maximum absolute atomic E-state index is 11.5. The molecule has 2 N–H and O–H groups in total. The van der Waals surface area contributed by atoms with Gasteiger partial charge in [0.1, 0.15) is 5.69 Å². The van der Waals surface area contributed by atoms with E-state index in [2.05, 4.69) is 10.2 Å². The standard InChI is InChI=1S/C19H20N4O5/c1-13(24)21-7-9-22(10-8-21)16-4-2-3-15(12-16)20-17-6-5-14(19(25)26)11-18(17)23(27)28/h2-6,11-12,20H,7-10H2,1H3,(H,25,26). The lowest BCUT2D eigenvalue weighted by molar-refractivity contribution is -0.383. The number of anilines is 3. The Hall–Kier alpha value is -3.62. The number of amides is 1. The molecule has 146 valence electrons. The molecule has 0 aromatic heterocycles. The number of carbonyl (C=O) groups is 2. The van der Waals surface area contributed by atoms with Crippen LogP contribution in [0.2, 0.25) is 0 Å². The van der Waals surface area contributed by atoms with Crippen LogP contribution < -0.4 is 10.2 Å². The third-order valence-corrected chi connectivity index (χ3v) is 4.66. The smallest absolute Gasteiger partial charge is 0.335 e. The Bertz CT molecular complexity index is 922. The number of rotatable bonds is 5. The van der Waals surface area contributed by atoms with Gasteiger partial charge in [0.25, 0.3) is 5.69 Å². The van der Waals surface area contributed by atoms with E-state index in [0.717, 1.165) is 11.8 Å². The molecule has 1 amide bonds. The number of aromatic carboxylic acids is 1. The van der Waals surface area contributed by atoms with Crippen molar-refractivity contribution in [2.24, 2.45) is 0 Å². The average molecular weight is 384 g/mol. The highest BCUT2D eigenvalue weighted by Gasteiger charge is 2.20. The summed E-state index contributed by atoms with van der Waals surface area (Å²) < 4.78 is 0. The molecule has 2 aromatic rings. The first kappa shape index (κ1) is 19.2. The molecule has 0 unspecified atom stereocenters. The molecule has 9 heteroatoms. The van der Waals surface area contributed by atoms with Crippen LogP contribution >= 0.6 is 0 Å². The van der Waals surface area contributed by atoms with Crippen molar-refractivity contribution in [2.45, 2.75) is 6.92 Å². The second-order valence-electron chi connectivity index (χ2n) is 6.46. The van der Waals surface area contributed by atoms with Crippen molar-refractivity contribution in [1.29, 1.82) is 0 Å². The highest BCUT2D eigenvalue weighted by atomic mass is 16.6. The fourth-order valence-corrected chi connectivity index (χ4v) is 3.14. The minimum atomic E-state index is -1.22. The zero-order chi connectivity index (χ0) is 20.3. The van der Waals surface area contributed by atoms with Gasteiger partial charge in [-0.3, -0.25) is 14.9 Å². The van der Waals surface area contributed by atoms with Gasteiger partial charge in [0.2, 0.25) is 5.91 Å². The maximum atomic E-state index is 11.5. The summed E-state index contributed by atoms with van der Waals surface area (Å²) in [6, 6.07) is 11.2. The Balaban J connectivity index is 1.79. The summed E-state index contributed by atoms with van der Waals surface area (Å²) in [5.41, 5.74) is 1.36. The minimum absolute atomic E-state index is 0.0622. The van der Waals surface area contributed by atoms with Crippen molar-refractivity contribution < 1.29 is 19.6 Å². The van der Waals surface area contributed by atoms with Crippen LogP contribution in [0.25, 0.3) is 0 Å². The lowest BCUT2D eigenvalue weighted by atomic mass is 10.1. The van der Waals surface area contributed by atoms with E-state index in [9.17, 15) is 19.7 Å². The van der Waals surface area contributed by atoms with Crippen LogP contribution in [-0.4, -0.2) is 53.0 Å². The van der Waals surface area contributed by atoms with Gasteiger partial charge in [0, 0.05) is 50.5 Å². The highest BCUT2D eigenvalue weighted by Crippen LogP contribution is 2.30. The van der Waals surface area contributed by atoms with Crippen molar-refractivity contribution in [2.75, 3.05) is 36.4 Å². The van der Waals surface area contributed by atoms with Gasteiger partial charge in [-0.25, -0.2) is 4.79 Å². The molecule has 1 aliphatic rings. The summed E-state index contributed by atoms with van der Waals surface area (Å²) in [7, 11) is 0. The van der Waals surface area contributed by atoms with Crippen LogP contribution in [-0.2, 0) is 4.79 Å². The molecule has 0 aliphatic carbocycles. The fraction of sp³-hybridized carbons (Fsp3) is 0.263. The lowest BCUT2D eigenvalue weighted by Crippen LogP contribution is -2.48. The zero-order valence-electron chi connectivity index (χ0n) is 15.3. The first-order valence-electron chi connectivity index (χ1n) is 8.74. The van der Waals surface area contributed by atoms with Crippen molar-refractivity contribution >= 4 is 34.6 Å². The molecular formula is C19H20N4O5. The number of nitro groups is 1. The van der Waals surface area contributed by atoms with E-state index in [1.54, 1.807) is 17.9 Å². The van der Waals surface area contributed by atoms with Gasteiger partial charge in [-0.1, -0.05) is 6.07 Å². The molecular weight excluding hydrogens is 364 g/mol. The summed E-state index contributed by atoms with van der Waals surface area (Å²) >= 11 is 0. The van der Waals surface area contributed by atoms with Crippen molar-refractivity contribution in [3.05, 3.63) is 58.1 Å². The van der Waals surface area contributed by atoms with E-state index < -0.39 is 10.9 Å². The SMILES string of the molecule is CC(=O)N1CCN(c2cccc(Nc3ccc(C(=O)O)cc3[N+](=O)[O-])c2)CC1.